The summed E-state index contributed by atoms with van der Waals surface area (Å²) >= 11 is 7.42. The molecular formula is C5H6BrNOS. The molecule has 0 atom stereocenters. The molecule has 0 heterocycles. The van der Waals surface area contributed by atoms with Gasteiger partial charge < -0.3 is 0 Å². The average Bonchev–Trinajstić information content (AvgIpc) is 1.85. The van der Waals surface area contributed by atoms with Crippen molar-refractivity contribution in [3.8, 4) is 0 Å². The molecule has 2 nitrogen and oxygen atoms in total. The molecule has 0 spiro atoms. The van der Waals surface area contributed by atoms with E-state index in [-0.39, 0.29) is 5.91 Å². The van der Waals surface area contributed by atoms with Gasteiger partial charge in [0.05, 0.1) is 5.16 Å². The molecule has 0 radical (unpaired) electrons. The maximum absolute atomic E-state index is 10.5. The number of nitrogens with zero attached hydrogens (tertiary/aromatic N) is 1. The van der Waals surface area contributed by atoms with Crippen LogP contribution in [0.1, 0.15) is 12.8 Å². The second-order valence-electron chi connectivity index (χ2n) is 1.39. The molecule has 0 aliphatic heterocycles. The number of hydrogen-bond acceptors (Lipinski definition) is 2. The molecule has 50 valence electrons. The Labute approximate surface area is 67.5 Å². The largest absolute Gasteiger partial charge is 0.272 e. The minimum atomic E-state index is -0.190. The smallest absolute Gasteiger partial charge is 0.254 e. The fraction of sp³-hybridized carbons (Fsp3) is 0.600. The van der Waals surface area contributed by atoms with Crippen LogP contribution >= 0.6 is 28.1 Å². The van der Waals surface area contributed by atoms with Crippen molar-refractivity contribution in [1.82, 2.24) is 0 Å². The van der Waals surface area contributed by atoms with Gasteiger partial charge in [0.1, 0.15) is 0 Å². The van der Waals surface area contributed by atoms with Gasteiger partial charge in [0.15, 0.2) is 0 Å². The lowest BCUT2D eigenvalue weighted by atomic mass is 10.3. The monoisotopic (exact) mass is 207 g/mol. The van der Waals surface area contributed by atoms with E-state index in [9.17, 15) is 4.79 Å². The van der Waals surface area contributed by atoms with Gasteiger partial charge in [-0.15, -0.1) is 0 Å². The van der Waals surface area contributed by atoms with E-state index in [1.807, 2.05) is 5.16 Å². The van der Waals surface area contributed by atoms with Crippen molar-refractivity contribution >= 4 is 39.2 Å². The van der Waals surface area contributed by atoms with Gasteiger partial charge >= 0.3 is 0 Å². The van der Waals surface area contributed by atoms with Crippen molar-refractivity contribution in [2.24, 2.45) is 4.99 Å². The van der Waals surface area contributed by atoms with Crippen molar-refractivity contribution in [2.75, 3.05) is 5.33 Å². The summed E-state index contributed by atoms with van der Waals surface area (Å²) in [5, 5.41) is 2.84. The molecule has 0 aromatic heterocycles. The summed E-state index contributed by atoms with van der Waals surface area (Å²) in [6.45, 7) is 0. The Morgan fingerprint density at radius 1 is 1.78 bits per heavy atom. The zero-order chi connectivity index (χ0) is 7.11. The molecule has 9 heavy (non-hydrogen) atoms. The number of alkyl halides is 1. The number of rotatable bonds is 3. The highest BCUT2D eigenvalue weighted by Crippen LogP contribution is 1.94. The molecule has 0 saturated carbocycles. The van der Waals surface area contributed by atoms with Crippen molar-refractivity contribution in [1.29, 1.82) is 0 Å². The van der Waals surface area contributed by atoms with Crippen LogP contribution in [-0.4, -0.2) is 16.4 Å². The van der Waals surface area contributed by atoms with Crippen molar-refractivity contribution in [3.63, 3.8) is 0 Å². The zero-order valence-electron chi connectivity index (χ0n) is 4.76. The summed E-state index contributed by atoms with van der Waals surface area (Å²) in [4.78, 5) is 13.8. The predicted octanol–water partition coefficient (Wildman–Crippen LogP) is 1.79. The van der Waals surface area contributed by atoms with E-state index in [4.69, 9.17) is 0 Å². The van der Waals surface area contributed by atoms with E-state index >= 15 is 0 Å². The molecule has 0 unspecified atom stereocenters. The first-order chi connectivity index (χ1) is 4.31. The Balaban J connectivity index is 3.39. The molecule has 0 aliphatic rings. The van der Waals surface area contributed by atoms with Gasteiger partial charge in [-0.3, -0.25) is 4.79 Å². The van der Waals surface area contributed by atoms with Gasteiger partial charge in [0.2, 0.25) is 0 Å². The first-order valence-electron chi connectivity index (χ1n) is 2.48. The highest BCUT2D eigenvalue weighted by molar-refractivity contribution is 9.09. The fourth-order valence-electron chi connectivity index (χ4n) is 0.325. The summed E-state index contributed by atoms with van der Waals surface area (Å²) < 4.78 is 0. The number of aliphatic imine (C=N–C) groups is 1. The standard InChI is InChI=1S/C5H6BrNOS/c6-3-1-2-5(8)7-4-9/h1-3H2. The van der Waals surface area contributed by atoms with Crippen LogP contribution in [0.25, 0.3) is 0 Å². The number of halogens is 1. The topological polar surface area (TPSA) is 29.4 Å². The van der Waals surface area contributed by atoms with Gasteiger partial charge in [-0.2, -0.15) is 4.99 Å². The van der Waals surface area contributed by atoms with Crippen LogP contribution < -0.4 is 0 Å². The normalized spacial score (nSPS) is 8.11. The van der Waals surface area contributed by atoms with E-state index in [0.29, 0.717) is 6.42 Å². The maximum Gasteiger partial charge on any atom is 0.254 e. The molecular weight excluding hydrogens is 202 g/mol. The van der Waals surface area contributed by atoms with Crippen LogP contribution in [0.4, 0.5) is 0 Å². The van der Waals surface area contributed by atoms with Crippen LogP contribution in [-0.2, 0) is 4.79 Å². The third kappa shape index (κ3) is 5.83. The molecule has 1 amide bonds. The highest BCUT2D eigenvalue weighted by Gasteiger charge is 1.94. The van der Waals surface area contributed by atoms with Crippen LogP contribution in [0, 0.1) is 0 Å². The van der Waals surface area contributed by atoms with Gasteiger partial charge in [0, 0.05) is 11.8 Å². The third-order valence-corrected chi connectivity index (χ3v) is 1.35. The second-order valence-corrected chi connectivity index (χ2v) is 2.36. The lowest BCUT2D eigenvalue weighted by molar-refractivity contribution is -0.117. The molecule has 0 fully saturated rings. The van der Waals surface area contributed by atoms with E-state index in [0.717, 1.165) is 11.8 Å². The average molecular weight is 208 g/mol. The van der Waals surface area contributed by atoms with E-state index in [2.05, 4.69) is 33.1 Å². The number of isothiocyanates is 1. The molecule has 0 N–H and O–H groups in total. The molecule has 0 aliphatic carbocycles. The first kappa shape index (κ1) is 8.95. The Morgan fingerprint density at radius 3 is 2.89 bits per heavy atom. The van der Waals surface area contributed by atoms with Gasteiger partial charge in [-0.1, -0.05) is 15.9 Å². The quantitative estimate of drug-likeness (QED) is 0.402. The summed E-state index contributed by atoms with van der Waals surface area (Å²) in [7, 11) is 0. The lowest BCUT2D eigenvalue weighted by Crippen LogP contribution is -1.91. The molecule has 0 rings (SSSR count). The second kappa shape index (κ2) is 6.08. The molecule has 0 saturated heterocycles. The SMILES string of the molecule is O=C(CCCBr)N=C=S. The number of thiocarbonyl (C=S) groups is 1. The number of carbonyl (C=O) groups excluding carboxylic acids is 1. The minimum Gasteiger partial charge on any atom is -0.272 e. The summed E-state index contributed by atoms with van der Waals surface area (Å²) in [6, 6.07) is 0. The molecule has 0 aromatic carbocycles. The van der Waals surface area contributed by atoms with Crippen LogP contribution in [0.2, 0.25) is 0 Å². The first-order valence-corrected chi connectivity index (χ1v) is 4.01. The van der Waals surface area contributed by atoms with Gasteiger partial charge in [0.25, 0.3) is 5.91 Å². The van der Waals surface area contributed by atoms with Crippen LogP contribution in [0.15, 0.2) is 4.99 Å². The van der Waals surface area contributed by atoms with Crippen molar-refractivity contribution in [2.45, 2.75) is 12.8 Å². The Kier molecular flexibility index (Phi) is 6.04. The predicted molar refractivity (Wildman–Crippen MR) is 43.1 cm³/mol. The van der Waals surface area contributed by atoms with Crippen LogP contribution in [0.5, 0.6) is 0 Å². The Hall–Kier alpha value is -0.0500. The maximum atomic E-state index is 10.5. The minimum absolute atomic E-state index is 0.190. The summed E-state index contributed by atoms with van der Waals surface area (Å²) in [5.41, 5.74) is 0. The van der Waals surface area contributed by atoms with Gasteiger partial charge in [-0.25, -0.2) is 0 Å². The zero-order valence-corrected chi connectivity index (χ0v) is 7.17. The van der Waals surface area contributed by atoms with Crippen molar-refractivity contribution in [3.05, 3.63) is 0 Å². The number of hydrogen-bond donors (Lipinski definition) is 0. The van der Waals surface area contributed by atoms with Gasteiger partial charge in [-0.05, 0) is 18.6 Å². The fourth-order valence-corrected chi connectivity index (χ4v) is 0.707. The Morgan fingerprint density at radius 2 is 2.44 bits per heavy atom. The third-order valence-electron chi connectivity index (χ3n) is 0.695. The van der Waals surface area contributed by atoms with E-state index in [1.165, 1.54) is 0 Å². The summed E-state index contributed by atoms with van der Waals surface area (Å²) in [5.74, 6) is -0.190. The van der Waals surface area contributed by atoms with E-state index in [1.54, 1.807) is 0 Å². The molecule has 0 bridgehead atoms. The number of carbonyl (C=O) groups is 1. The van der Waals surface area contributed by atoms with Crippen LogP contribution in [0.3, 0.4) is 0 Å². The van der Waals surface area contributed by atoms with Crippen molar-refractivity contribution < 1.29 is 4.79 Å². The summed E-state index contributed by atoms with van der Waals surface area (Å²) in [6.07, 6.45) is 1.26. The Bertz CT molecular complexity index is 142. The molecule has 4 heteroatoms. The van der Waals surface area contributed by atoms with E-state index < -0.39 is 0 Å². The number of amides is 1. The lowest BCUT2D eigenvalue weighted by Gasteiger charge is -1.85. The highest BCUT2D eigenvalue weighted by atomic mass is 79.9. The molecule has 0 aromatic rings.